The van der Waals surface area contributed by atoms with E-state index in [2.05, 4.69) is 15.9 Å². The summed E-state index contributed by atoms with van der Waals surface area (Å²) in [5.41, 5.74) is 0. The van der Waals surface area contributed by atoms with E-state index in [1.54, 1.807) is 16.2 Å². The van der Waals surface area contributed by atoms with Gasteiger partial charge in [0.2, 0.25) is 5.91 Å². The summed E-state index contributed by atoms with van der Waals surface area (Å²) in [6.45, 7) is 0.895. The van der Waals surface area contributed by atoms with E-state index >= 15 is 0 Å². The van der Waals surface area contributed by atoms with E-state index in [4.69, 9.17) is 9.84 Å². The molecular weight excluding hydrogens is 334 g/mol. The molecule has 0 unspecified atom stereocenters. The quantitative estimate of drug-likeness (QED) is 0.900. The van der Waals surface area contributed by atoms with Crippen LogP contribution in [0.5, 0.6) is 0 Å². The first-order valence-corrected chi connectivity index (χ1v) is 7.58. The van der Waals surface area contributed by atoms with Crippen LogP contribution >= 0.6 is 27.3 Å². The summed E-state index contributed by atoms with van der Waals surface area (Å²) in [4.78, 5) is 25.6. The Morgan fingerprint density at radius 2 is 2.37 bits per heavy atom. The summed E-state index contributed by atoms with van der Waals surface area (Å²) >= 11 is 4.98. The molecule has 0 radical (unpaired) electrons. The van der Waals surface area contributed by atoms with Gasteiger partial charge in [-0.1, -0.05) is 0 Å². The Morgan fingerprint density at radius 1 is 1.58 bits per heavy atom. The number of carbonyl (C=O) groups excluding carboxylic acids is 1. The second-order valence-corrected chi connectivity index (χ2v) is 6.18. The standard InChI is InChI=1S/C12H14BrNO4S/c13-8-5-9(19-7-8)1-2-11(15)14-3-4-18-10(6-14)12(16)17/h5,7,10H,1-4,6H2,(H,16,17)/t10-/m0/s1. The molecule has 7 heteroatoms. The number of carboxylic acids is 1. The van der Waals surface area contributed by atoms with Crippen molar-refractivity contribution in [3.05, 3.63) is 20.8 Å². The van der Waals surface area contributed by atoms with Gasteiger partial charge in [0.1, 0.15) is 0 Å². The number of amides is 1. The van der Waals surface area contributed by atoms with Crippen LogP contribution in [-0.4, -0.2) is 47.7 Å². The molecule has 104 valence electrons. The van der Waals surface area contributed by atoms with Crippen LogP contribution in [0.2, 0.25) is 0 Å². The molecule has 0 spiro atoms. The highest BCUT2D eigenvalue weighted by atomic mass is 79.9. The minimum absolute atomic E-state index is 0.0147. The molecule has 19 heavy (non-hydrogen) atoms. The van der Waals surface area contributed by atoms with Gasteiger partial charge < -0.3 is 14.7 Å². The van der Waals surface area contributed by atoms with Crippen molar-refractivity contribution >= 4 is 39.1 Å². The number of thiophene rings is 1. The minimum Gasteiger partial charge on any atom is -0.479 e. The lowest BCUT2D eigenvalue weighted by Crippen LogP contribution is -2.48. The summed E-state index contributed by atoms with van der Waals surface area (Å²) < 4.78 is 6.11. The number of halogens is 1. The Balaban J connectivity index is 1.84. The molecule has 1 N–H and O–H groups in total. The fraction of sp³-hybridized carbons (Fsp3) is 0.500. The van der Waals surface area contributed by atoms with Crippen LogP contribution in [0.4, 0.5) is 0 Å². The summed E-state index contributed by atoms with van der Waals surface area (Å²) in [5.74, 6) is -1.03. The lowest BCUT2D eigenvalue weighted by Gasteiger charge is -2.30. The Bertz CT molecular complexity index is 476. The zero-order valence-corrected chi connectivity index (χ0v) is 12.6. The maximum atomic E-state index is 12.0. The van der Waals surface area contributed by atoms with Gasteiger partial charge in [0.15, 0.2) is 6.10 Å². The van der Waals surface area contributed by atoms with Crippen LogP contribution < -0.4 is 0 Å². The molecule has 1 saturated heterocycles. The van der Waals surface area contributed by atoms with Gasteiger partial charge in [-0.05, 0) is 28.4 Å². The highest BCUT2D eigenvalue weighted by molar-refractivity contribution is 9.10. The fourth-order valence-corrected chi connectivity index (χ4v) is 3.35. The summed E-state index contributed by atoms with van der Waals surface area (Å²) in [7, 11) is 0. The highest BCUT2D eigenvalue weighted by Gasteiger charge is 2.28. The molecule has 2 heterocycles. The lowest BCUT2D eigenvalue weighted by molar-refractivity contribution is -0.159. The monoisotopic (exact) mass is 347 g/mol. The van der Waals surface area contributed by atoms with E-state index in [9.17, 15) is 9.59 Å². The van der Waals surface area contributed by atoms with Crippen LogP contribution in [0, 0.1) is 0 Å². The highest BCUT2D eigenvalue weighted by Crippen LogP contribution is 2.21. The molecule has 1 amide bonds. The van der Waals surface area contributed by atoms with E-state index in [-0.39, 0.29) is 19.1 Å². The molecular formula is C12H14BrNO4S. The smallest absolute Gasteiger partial charge is 0.334 e. The molecule has 1 aromatic heterocycles. The third-order valence-corrected chi connectivity index (χ3v) is 4.66. The maximum Gasteiger partial charge on any atom is 0.334 e. The second kappa shape index (κ2) is 6.49. The molecule has 1 fully saturated rings. The molecule has 2 rings (SSSR count). The Morgan fingerprint density at radius 3 is 3.00 bits per heavy atom. The average Bonchev–Trinajstić information content (AvgIpc) is 2.82. The van der Waals surface area contributed by atoms with Crippen LogP contribution in [0.25, 0.3) is 0 Å². The largest absolute Gasteiger partial charge is 0.479 e. The predicted octanol–water partition coefficient (Wildman–Crippen LogP) is 1.76. The predicted molar refractivity (Wildman–Crippen MR) is 74.3 cm³/mol. The summed E-state index contributed by atoms with van der Waals surface area (Å²) in [6, 6.07) is 2.00. The van der Waals surface area contributed by atoms with E-state index in [0.29, 0.717) is 19.4 Å². The number of hydrogen-bond acceptors (Lipinski definition) is 4. The number of aryl methyl sites for hydroxylation is 1. The average molecular weight is 348 g/mol. The molecule has 0 bridgehead atoms. The van der Waals surface area contributed by atoms with Gasteiger partial charge in [-0.15, -0.1) is 11.3 Å². The van der Waals surface area contributed by atoms with Gasteiger partial charge in [-0.2, -0.15) is 0 Å². The van der Waals surface area contributed by atoms with Crippen molar-refractivity contribution in [2.24, 2.45) is 0 Å². The van der Waals surface area contributed by atoms with Crippen LogP contribution in [0.3, 0.4) is 0 Å². The minimum atomic E-state index is -1.01. The maximum absolute atomic E-state index is 12.0. The van der Waals surface area contributed by atoms with Crippen molar-refractivity contribution < 1.29 is 19.4 Å². The van der Waals surface area contributed by atoms with E-state index in [1.807, 2.05) is 11.4 Å². The van der Waals surface area contributed by atoms with E-state index in [1.165, 1.54) is 0 Å². The van der Waals surface area contributed by atoms with Gasteiger partial charge in [0.05, 0.1) is 13.2 Å². The number of aliphatic carboxylic acids is 1. The van der Waals surface area contributed by atoms with Crippen molar-refractivity contribution in [3.63, 3.8) is 0 Å². The van der Waals surface area contributed by atoms with Gasteiger partial charge in [-0.25, -0.2) is 4.79 Å². The third-order valence-electron chi connectivity index (χ3n) is 2.90. The Kier molecular flexibility index (Phi) is 4.95. The number of hydrogen-bond donors (Lipinski definition) is 1. The molecule has 1 aromatic rings. The lowest BCUT2D eigenvalue weighted by atomic mass is 10.2. The second-order valence-electron chi connectivity index (χ2n) is 4.27. The first-order valence-electron chi connectivity index (χ1n) is 5.91. The molecule has 1 atom stereocenters. The first-order chi connectivity index (χ1) is 9.06. The van der Waals surface area contributed by atoms with Crippen molar-refractivity contribution in [1.82, 2.24) is 4.90 Å². The van der Waals surface area contributed by atoms with Crippen molar-refractivity contribution in [2.75, 3.05) is 19.7 Å². The topological polar surface area (TPSA) is 66.8 Å². The molecule has 0 aromatic carbocycles. The molecule has 1 aliphatic rings. The first kappa shape index (κ1) is 14.5. The fourth-order valence-electron chi connectivity index (χ4n) is 1.90. The SMILES string of the molecule is O=C(O)[C@@H]1CN(C(=O)CCc2cc(Br)cs2)CCO1. The Labute approximate surface area is 123 Å². The number of ether oxygens (including phenoxy) is 1. The number of morpholine rings is 1. The molecule has 0 saturated carbocycles. The summed E-state index contributed by atoms with van der Waals surface area (Å²) in [5, 5.41) is 10.9. The van der Waals surface area contributed by atoms with Crippen molar-refractivity contribution in [2.45, 2.75) is 18.9 Å². The molecule has 0 aliphatic carbocycles. The van der Waals surface area contributed by atoms with Gasteiger partial charge >= 0.3 is 5.97 Å². The van der Waals surface area contributed by atoms with E-state index in [0.717, 1.165) is 9.35 Å². The van der Waals surface area contributed by atoms with Gasteiger partial charge in [0.25, 0.3) is 0 Å². The zero-order valence-electron chi connectivity index (χ0n) is 10.2. The zero-order chi connectivity index (χ0) is 13.8. The Hall–Kier alpha value is -0.920. The van der Waals surface area contributed by atoms with Gasteiger partial charge in [-0.3, -0.25) is 4.79 Å². The number of nitrogens with zero attached hydrogens (tertiary/aromatic N) is 1. The molecule has 5 nitrogen and oxygen atoms in total. The van der Waals surface area contributed by atoms with Crippen molar-refractivity contribution in [1.29, 1.82) is 0 Å². The van der Waals surface area contributed by atoms with E-state index < -0.39 is 12.1 Å². The normalized spacial score (nSPS) is 19.4. The van der Waals surface area contributed by atoms with Crippen LogP contribution in [0.15, 0.2) is 15.9 Å². The van der Waals surface area contributed by atoms with Gasteiger partial charge in [0, 0.05) is 27.7 Å². The third kappa shape index (κ3) is 4.02. The van der Waals surface area contributed by atoms with Crippen LogP contribution in [-0.2, 0) is 20.7 Å². The molecule has 1 aliphatic heterocycles. The number of rotatable bonds is 4. The number of carbonyl (C=O) groups is 2. The van der Waals surface area contributed by atoms with Crippen molar-refractivity contribution in [3.8, 4) is 0 Å². The summed E-state index contributed by atoms with van der Waals surface area (Å²) in [6.07, 6.45) is 0.192. The van der Waals surface area contributed by atoms with Crippen LogP contribution in [0.1, 0.15) is 11.3 Å². The number of carboxylic acid groups (broad SMARTS) is 1.